The average Bonchev–Trinajstić information content (AvgIpc) is 2.41. The molecule has 20 heavy (non-hydrogen) atoms. The SMILES string of the molecule is CC(C)NC(Cc1ccc(F)cc1)c1ccc(F)cc1. The Morgan fingerprint density at radius 3 is 1.85 bits per heavy atom. The molecule has 0 bridgehead atoms. The third-order valence-corrected chi connectivity index (χ3v) is 3.16. The van der Waals surface area contributed by atoms with E-state index < -0.39 is 0 Å². The predicted octanol–water partition coefficient (Wildman–Crippen LogP) is 4.25. The van der Waals surface area contributed by atoms with Crippen molar-refractivity contribution in [1.29, 1.82) is 0 Å². The minimum Gasteiger partial charge on any atom is -0.307 e. The maximum Gasteiger partial charge on any atom is 0.123 e. The average molecular weight is 275 g/mol. The van der Waals surface area contributed by atoms with Crippen LogP contribution in [0.15, 0.2) is 48.5 Å². The van der Waals surface area contributed by atoms with Gasteiger partial charge in [0.2, 0.25) is 0 Å². The number of halogens is 2. The quantitative estimate of drug-likeness (QED) is 0.860. The van der Waals surface area contributed by atoms with Gasteiger partial charge in [-0.2, -0.15) is 0 Å². The van der Waals surface area contributed by atoms with Gasteiger partial charge < -0.3 is 5.32 Å². The lowest BCUT2D eigenvalue weighted by molar-refractivity contribution is 0.473. The predicted molar refractivity (Wildman–Crippen MR) is 77.5 cm³/mol. The topological polar surface area (TPSA) is 12.0 Å². The lowest BCUT2D eigenvalue weighted by Crippen LogP contribution is -2.29. The molecule has 2 aromatic carbocycles. The van der Waals surface area contributed by atoms with E-state index in [1.165, 1.54) is 24.3 Å². The Balaban J connectivity index is 2.18. The molecular weight excluding hydrogens is 256 g/mol. The van der Waals surface area contributed by atoms with Gasteiger partial charge in [-0.05, 0) is 41.8 Å². The number of benzene rings is 2. The summed E-state index contributed by atoms with van der Waals surface area (Å²) >= 11 is 0. The largest absolute Gasteiger partial charge is 0.307 e. The van der Waals surface area contributed by atoms with Gasteiger partial charge in [0.25, 0.3) is 0 Å². The highest BCUT2D eigenvalue weighted by Gasteiger charge is 2.13. The third-order valence-electron chi connectivity index (χ3n) is 3.16. The van der Waals surface area contributed by atoms with E-state index in [2.05, 4.69) is 19.2 Å². The molecule has 0 amide bonds. The highest BCUT2D eigenvalue weighted by atomic mass is 19.1. The Morgan fingerprint density at radius 1 is 0.850 bits per heavy atom. The second-order valence-electron chi connectivity index (χ2n) is 5.26. The molecule has 0 spiro atoms. The van der Waals surface area contributed by atoms with Crippen LogP contribution in [-0.4, -0.2) is 6.04 Å². The van der Waals surface area contributed by atoms with Gasteiger partial charge in [-0.15, -0.1) is 0 Å². The Bertz CT molecular complexity index is 532. The summed E-state index contributed by atoms with van der Waals surface area (Å²) in [5.41, 5.74) is 2.08. The first kappa shape index (κ1) is 14.7. The molecule has 0 aromatic heterocycles. The fraction of sp³-hybridized carbons (Fsp3) is 0.294. The van der Waals surface area contributed by atoms with Gasteiger partial charge in [0, 0.05) is 12.1 Å². The second-order valence-corrected chi connectivity index (χ2v) is 5.26. The highest BCUT2D eigenvalue weighted by Crippen LogP contribution is 2.20. The molecule has 1 nitrogen and oxygen atoms in total. The molecule has 0 saturated carbocycles. The standard InChI is InChI=1S/C17H19F2N/c1-12(2)20-17(14-5-9-16(19)10-6-14)11-13-3-7-15(18)8-4-13/h3-10,12,17,20H,11H2,1-2H3. The van der Waals surface area contributed by atoms with Crippen molar-refractivity contribution in [3.63, 3.8) is 0 Å². The zero-order chi connectivity index (χ0) is 14.5. The molecule has 2 rings (SSSR count). The van der Waals surface area contributed by atoms with Crippen LogP contribution in [0, 0.1) is 11.6 Å². The molecule has 1 atom stereocenters. The molecule has 3 heteroatoms. The first-order valence-corrected chi connectivity index (χ1v) is 6.80. The van der Waals surface area contributed by atoms with Crippen LogP contribution in [0.2, 0.25) is 0 Å². The van der Waals surface area contributed by atoms with E-state index in [0.717, 1.165) is 17.5 Å². The molecular formula is C17H19F2N. The molecule has 106 valence electrons. The fourth-order valence-corrected chi connectivity index (χ4v) is 2.23. The van der Waals surface area contributed by atoms with Crippen molar-refractivity contribution >= 4 is 0 Å². The molecule has 1 N–H and O–H groups in total. The smallest absolute Gasteiger partial charge is 0.123 e. The normalized spacial score (nSPS) is 12.7. The first-order chi connectivity index (χ1) is 9.54. The van der Waals surface area contributed by atoms with Crippen molar-refractivity contribution in [3.8, 4) is 0 Å². The summed E-state index contributed by atoms with van der Waals surface area (Å²) in [6, 6.07) is 13.4. The maximum atomic E-state index is 13.0. The molecule has 0 aliphatic heterocycles. The van der Waals surface area contributed by atoms with Gasteiger partial charge in [-0.25, -0.2) is 8.78 Å². The number of hydrogen-bond donors (Lipinski definition) is 1. The summed E-state index contributed by atoms with van der Waals surface area (Å²) in [5, 5.41) is 3.46. The Hall–Kier alpha value is -1.74. The summed E-state index contributed by atoms with van der Waals surface area (Å²) < 4.78 is 26.0. The van der Waals surface area contributed by atoms with Gasteiger partial charge in [-0.1, -0.05) is 38.1 Å². The van der Waals surface area contributed by atoms with E-state index in [1.807, 2.05) is 0 Å². The summed E-state index contributed by atoms with van der Waals surface area (Å²) in [6.45, 7) is 4.14. The van der Waals surface area contributed by atoms with Crippen LogP contribution in [-0.2, 0) is 6.42 Å². The molecule has 0 aliphatic carbocycles. The minimum atomic E-state index is -0.237. The van der Waals surface area contributed by atoms with Crippen molar-refractivity contribution < 1.29 is 8.78 Å². The van der Waals surface area contributed by atoms with Crippen LogP contribution in [0.1, 0.15) is 31.0 Å². The van der Waals surface area contributed by atoms with Gasteiger partial charge in [0.1, 0.15) is 11.6 Å². The maximum absolute atomic E-state index is 13.0. The van der Waals surface area contributed by atoms with Gasteiger partial charge in [-0.3, -0.25) is 0 Å². The first-order valence-electron chi connectivity index (χ1n) is 6.80. The summed E-state index contributed by atoms with van der Waals surface area (Å²) in [4.78, 5) is 0. The number of rotatable bonds is 5. The molecule has 0 aliphatic rings. The fourth-order valence-electron chi connectivity index (χ4n) is 2.23. The molecule has 0 heterocycles. The molecule has 0 saturated heterocycles. The van der Waals surface area contributed by atoms with Crippen molar-refractivity contribution in [2.45, 2.75) is 32.4 Å². The van der Waals surface area contributed by atoms with Gasteiger partial charge >= 0.3 is 0 Å². The lowest BCUT2D eigenvalue weighted by atomic mass is 9.98. The Labute approximate surface area is 118 Å². The van der Waals surface area contributed by atoms with Crippen LogP contribution in [0.3, 0.4) is 0 Å². The highest BCUT2D eigenvalue weighted by molar-refractivity contribution is 5.24. The van der Waals surface area contributed by atoms with Crippen molar-refractivity contribution in [1.82, 2.24) is 5.32 Å². The molecule has 1 unspecified atom stereocenters. The molecule has 0 fully saturated rings. The zero-order valence-electron chi connectivity index (χ0n) is 11.7. The van der Waals surface area contributed by atoms with Crippen molar-refractivity contribution in [2.75, 3.05) is 0 Å². The van der Waals surface area contributed by atoms with Crippen LogP contribution in [0.5, 0.6) is 0 Å². The van der Waals surface area contributed by atoms with E-state index in [9.17, 15) is 8.78 Å². The molecule has 2 aromatic rings. The minimum absolute atomic E-state index is 0.0843. The summed E-state index contributed by atoms with van der Waals surface area (Å²) in [5.74, 6) is -0.470. The van der Waals surface area contributed by atoms with Crippen LogP contribution < -0.4 is 5.32 Å². The van der Waals surface area contributed by atoms with Crippen molar-refractivity contribution in [2.24, 2.45) is 0 Å². The van der Waals surface area contributed by atoms with Crippen LogP contribution in [0.4, 0.5) is 8.78 Å². The van der Waals surface area contributed by atoms with Crippen molar-refractivity contribution in [3.05, 3.63) is 71.3 Å². The summed E-state index contributed by atoms with van der Waals surface area (Å²) in [7, 11) is 0. The third kappa shape index (κ3) is 4.14. The Morgan fingerprint density at radius 2 is 1.35 bits per heavy atom. The lowest BCUT2D eigenvalue weighted by Gasteiger charge is -2.22. The van der Waals surface area contributed by atoms with E-state index in [-0.39, 0.29) is 17.7 Å². The summed E-state index contributed by atoms with van der Waals surface area (Å²) in [6.07, 6.45) is 0.740. The molecule has 0 radical (unpaired) electrons. The number of hydrogen-bond acceptors (Lipinski definition) is 1. The van der Waals surface area contributed by atoms with E-state index in [1.54, 1.807) is 24.3 Å². The van der Waals surface area contributed by atoms with Crippen LogP contribution >= 0.6 is 0 Å². The van der Waals surface area contributed by atoms with E-state index >= 15 is 0 Å². The number of nitrogens with one attached hydrogen (secondary N) is 1. The Kier molecular flexibility index (Phi) is 4.85. The van der Waals surface area contributed by atoms with Gasteiger partial charge in [0.15, 0.2) is 0 Å². The van der Waals surface area contributed by atoms with E-state index in [4.69, 9.17) is 0 Å². The van der Waals surface area contributed by atoms with Crippen LogP contribution in [0.25, 0.3) is 0 Å². The van der Waals surface area contributed by atoms with E-state index in [0.29, 0.717) is 6.04 Å². The van der Waals surface area contributed by atoms with Gasteiger partial charge in [0.05, 0.1) is 0 Å². The zero-order valence-corrected chi connectivity index (χ0v) is 11.7. The monoisotopic (exact) mass is 275 g/mol. The second kappa shape index (κ2) is 6.62.